The smallest absolute Gasteiger partial charge is 0.0838 e. The van der Waals surface area contributed by atoms with Crippen molar-refractivity contribution in [3.8, 4) is 0 Å². The van der Waals surface area contributed by atoms with E-state index in [9.17, 15) is 0 Å². The molecule has 0 aromatic heterocycles. The molecule has 0 saturated heterocycles. The molecule has 2 nitrogen and oxygen atoms in total. The third-order valence-electron chi connectivity index (χ3n) is 2.71. The van der Waals surface area contributed by atoms with Crippen molar-refractivity contribution in [1.29, 1.82) is 0 Å². The molecule has 80 valence electrons. The van der Waals surface area contributed by atoms with Crippen LogP contribution in [0.25, 0.3) is 0 Å². The summed E-state index contributed by atoms with van der Waals surface area (Å²) in [5.74, 6) is 0. The van der Waals surface area contributed by atoms with Crippen LogP contribution in [0.4, 0.5) is 0 Å². The molecule has 0 aromatic carbocycles. The van der Waals surface area contributed by atoms with Gasteiger partial charge in [-0.1, -0.05) is 27.7 Å². The van der Waals surface area contributed by atoms with Gasteiger partial charge in [0.1, 0.15) is 0 Å². The van der Waals surface area contributed by atoms with E-state index in [4.69, 9.17) is 4.84 Å². The molecule has 13 heavy (non-hydrogen) atoms. The van der Waals surface area contributed by atoms with Gasteiger partial charge in [-0.3, -0.25) is 4.84 Å². The molecular formula is C11H25NO. The Morgan fingerprint density at radius 2 is 1.54 bits per heavy atom. The van der Waals surface area contributed by atoms with Crippen LogP contribution in [0.15, 0.2) is 0 Å². The molecule has 0 saturated carbocycles. The van der Waals surface area contributed by atoms with Gasteiger partial charge in [-0.05, 0) is 32.1 Å². The van der Waals surface area contributed by atoms with Crippen LogP contribution in [0, 0.1) is 5.41 Å². The fraction of sp³-hybridized carbons (Fsp3) is 1.00. The minimum atomic E-state index is -0.0518. The number of hydrogen-bond donors (Lipinski definition) is 1. The highest BCUT2D eigenvalue weighted by Gasteiger charge is 2.19. The first-order chi connectivity index (χ1) is 5.83. The van der Waals surface area contributed by atoms with Crippen molar-refractivity contribution in [3.63, 3.8) is 0 Å². The van der Waals surface area contributed by atoms with Crippen LogP contribution < -0.4 is 5.48 Å². The summed E-state index contributed by atoms with van der Waals surface area (Å²) in [4.78, 5) is 5.57. The molecule has 0 heterocycles. The second kappa shape index (κ2) is 4.97. The van der Waals surface area contributed by atoms with E-state index < -0.39 is 0 Å². The molecule has 0 aliphatic carbocycles. The Bertz CT molecular complexity index is 125. The molecule has 0 aromatic rings. The van der Waals surface area contributed by atoms with E-state index in [0.717, 1.165) is 19.4 Å². The van der Waals surface area contributed by atoms with Gasteiger partial charge in [0.2, 0.25) is 0 Å². The third-order valence-corrected chi connectivity index (χ3v) is 2.71. The number of rotatable bonds is 6. The third kappa shape index (κ3) is 6.05. The standard InChI is InChI=1S/C11H25NO/c1-7-10(3,4)9-12-13-11(5,6)8-2/h12H,7-9H2,1-6H3. The Kier molecular flexibility index (Phi) is 4.93. The van der Waals surface area contributed by atoms with Gasteiger partial charge in [0.15, 0.2) is 0 Å². The summed E-state index contributed by atoms with van der Waals surface area (Å²) < 4.78 is 0. The van der Waals surface area contributed by atoms with E-state index in [1.807, 2.05) is 0 Å². The topological polar surface area (TPSA) is 21.3 Å². The van der Waals surface area contributed by atoms with Gasteiger partial charge in [-0.2, -0.15) is 0 Å². The zero-order valence-corrected chi connectivity index (χ0v) is 10.0. The highest BCUT2D eigenvalue weighted by atomic mass is 16.7. The summed E-state index contributed by atoms with van der Waals surface area (Å²) in [5, 5.41) is 0. The zero-order chi connectivity index (χ0) is 10.5. The highest BCUT2D eigenvalue weighted by Crippen LogP contribution is 2.19. The van der Waals surface area contributed by atoms with Crippen LogP contribution in [0.5, 0.6) is 0 Å². The first-order valence-electron chi connectivity index (χ1n) is 5.24. The lowest BCUT2D eigenvalue weighted by Gasteiger charge is -2.28. The summed E-state index contributed by atoms with van der Waals surface area (Å²) in [7, 11) is 0. The van der Waals surface area contributed by atoms with E-state index in [1.54, 1.807) is 0 Å². The van der Waals surface area contributed by atoms with E-state index in [0.29, 0.717) is 5.41 Å². The van der Waals surface area contributed by atoms with Gasteiger partial charge in [0.05, 0.1) is 5.60 Å². The van der Waals surface area contributed by atoms with Crippen LogP contribution in [0.2, 0.25) is 0 Å². The van der Waals surface area contributed by atoms with E-state index >= 15 is 0 Å². The van der Waals surface area contributed by atoms with Crippen LogP contribution in [0.1, 0.15) is 54.4 Å². The lowest BCUT2D eigenvalue weighted by Crippen LogP contribution is -2.36. The molecule has 1 N–H and O–H groups in total. The summed E-state index contributed by atoms with van der Waals surface area (Å²) in [5.41, 5.74) is 3.34. The normalized spacial score (nSPS) is 13.4. The SMILES string of the molecule is CCC(C)(C)CNOC(C)(C)CC. The Labute approximate surface area is 83.0 Å². The minimum absolute atomic E-state index is 0.0518. The van der Waals surface area contributed by atoms with Crippen LogP contribution in [-0.2, 0) is 4.84 Å². The predicted molar refractivity (Wildman–Crippen MR) is 57.5 cm³/mol. The van der Waals surface area contributed by atoms with E-state index in [-0.39, 0.29) is 5.60 Å². The van der Waals surface area contributed by atoms with Gasteiger partial charge < -0.3 is 0 Å². The summed E-state index contributed by atoms with van der Waals surface area (Å²) in [6.45, 7) is 13.9. The molecule has 0 fully saturated rings. The molecule has 0 radical (unpaired) electrons. The molecule has 2 heteroatoms. The molecule has 0 aliphatic rings. The van der Waals surface area contributed by atoms with Gasteiger partial charge in [-0.25, -0.2) is 5.48 Å². The van der Waals surface area contributed by atoms with E-state index in [1.165, 1.54) is 0 Å². The number of nitrogens with one attached hydrogen (secondary N) is 1. The molecule has 0 amide bonds. The van der Waals surface area contributed by atoms with Gasteiger partial charge in [-0.15, -0.1) is 0 Å². The maximum absolute atomic E-state index is 5.57. The molecule has 0 atom stereocenters. The van der Waals surface area contributed by atoms with Crippen molar-refractivity contribution in [3.05, 3.63) is 0 Å². The van der Waals surface area contributed by atoms with Crippen molar-refractivity contribution in [1.82, 2.24) is 5.48 Å². The largest absolute Gasteiger partial charge is 0.296 e. The first-order valence-corrected chi connectivity index (χ1v) is 5.24. The second-order valence-electron chi connectivity index (χ2n) is 5.05. The van der Waals surface area contributed by atoms with Crippen molar-refractivity contribution < 1.29 is 4.84 Å². The first kappa shape index (κ1) is 12.9. The number of hydroxylamine groups is 1. The highest BCUT2D eigenvalue weighted by molar-refractivity contribution is 4.68. The molecule has 0 unspecified atom stereocenters. The predicted octanol–water partition coefficient (Wildman–Crippen LogP) is 3.13. The van der Waals surface area contributed by atoms with Crippen molar-refractivity contribution in [2.75, 3.05) is 6.54 Å². The lowest BCUT2D eigenvalue weighted by molar-refractivity contribution is -0.0951. The zero-order valence-electron chi connectivity index (χ0n) is 10.0. The Balaban J connectivity index is 3.68. The van der Waals surface area contributed by atoms with Gasteiger partial charge in [0.25, 0.3) is 0 Å². The Morgan fingerprint density at radius 3 is 1.92 bits per heavy atom. The summed E-state index contributed by atoms with van der Waals surface area (Å²) >= 11 is 0. The average Bonchev–Trinajstić information content (AvgIpc) is 2.04. The maximum Gasteiger partial charge on any atom is 0.0838 e. The summed E-state index contributed by atoms with van der Waals surface area (Å²) in [6, 6.07) is 0. The maximum atomic E-state index is 5.57. The van der Waals surface area contributed by atoms with Crippen molar-refractivity contribution >= 4 is 0 Å². The lowest BCUT2D eigenvalue weighted by atomic mass is 9.91. The quantitative estimate of drug-likeness (QED) is 0.645. The van der Waals surface area contributed by atoms with Crippen LogP contribution in [0.3, 0.4) is 0 Å². The van der Waals surface area contributed by atoms with Crippen LogP contribution >= 0.6 is 0 Å². The molecule has 0 bridgehead atoms. The number of hydrogen-bond acceptors (Lipinski definition) is 2. The second-order valence-corrected chi connectivity index (χ2v) is 5.05. The fourth-order valence-corrected chi connectivity index (χ4v) is 0.624. The van der Waals surface area contributed by atoms with Crippen LogP contribution in [-0.4, -0.2) is 12.1 Å². The fourth-order valence-electron chi connectivity index (χ4n) is 0.624. The van der Waals surface area contributed by atoms with Crippen molar-refractivity contribution in [2.45, 2.75) is 60.0 Å². The Hall–Kier alpha value is -0.0800. The monoisotopic (exact) mass is 187 g/mol. The minimum Gasteiger partial charge on any atom is -0.296 e. The molecule has 0 rings (SSSR count). The average molecular weight is 187 g/mol. The molecule has 0 spiro atoms. The van der Waals surface area contributed by atoms with Gasteiger partial charge in [0, 0.05) is 6.54 Å². The molecular weight excluding hydrogens is 162 g/mol. The molecule has 0 aliphatic heterocycles. The van der Waals surface area contributed by atoms with Gasteiger partial charge >= 0.3 is 0 Å². The van der Waals surface area contributed by atoms with Crippen molar-refractivity contribution in [2.24, 2.45) is 5.41 Å². The summed E-state index contributed by atoms with van der Waals surface area (Å²) in [6.07, 6.45) is 2.18. The van der Waals surface area contributed by atoms with E-state index in [2.05, 4.69) is 47.0 Å². The Morgan fingerprint density at radius 1 is 1.00 bits per heavy atom.